The molecule has 2 aromatic heterocycles. The predicted molar refractivity (Wildman–Crippen MR) is 128 cm³/mol. The minimum absolute atomic E-state index is 0.0491. The number of anilines is 2. The molecule has 1 fully saturated rings. The number of nitrogens with one attached hydrogen (secondary N) is 2. The molecule has 0 amide bonds. The van der Waals surface area contributed by atoms with Gasteiger partial charge in [-0.3, -0.25) is 0 Å². The maximum Gasteiger partial charge on any atom is 0.270 e. The molecule has 11 heteroatoms. The number of H-pyrrole nitrogens is 1. The van der Waals surface area contributed by atoms with Crippen LogP contribution in [-0.2, 0) is 25.4 Å². The van der Waals surface area contributed by atoms with Gasteiger partial charge in [0, 0.05) is 38.0 Å². The van der Waals surface area contributed by atoms with Crippen LogP contribution in [0.25, 0.3) is 0 Å². The summed E-state index contributed by atoms with van der Waals surface area (Å²) in [6.07, 6.45) is 3.78. The molecule has 8 nitrogen and oxygen atoms in total. The van der Waals surface area contributed by atoms with Crippen LogP contribution in [0.5, 0.6) is 0 Å². The summed E-state index contributed by atoms with van der Waals surface area (Å²) < 4.78 is 42.6. The summed E-state index contributed by atoms with van der Waals surface area (Å²) in [4.78, 5) is 10.2. The highest BCUT2D eigenvalue weighted by molar-refractivity contribution is 5.53. The van der Waals surface area contributed by atoms with E-state index in [1.54, 1.807) is 12.1 Å². The van der Waals surface area contributed by atoms with Crippen LogP contribution >= 0.6 is 0 Å². The van der Waals surface area contributed by atoms with Gasteiger partial charge < -0.3 is 10.2 Å². The van der Waals surface area contributed by atoms with E-state index >= 15 is 4.39 Å². The van der Waals surface area contributed by atoms with Crippen molar-refractivity contribution < 1.29 is 13.2 Å². The zero-order valence-corrected chi connectivity index (χ0v) is 19.6. The fraction of sp³-hybridized carbons (Fsp3) is 0.320. The zero-order valence-electron chi connectivity index (χ0n) is 19.6. The number of tetrazole rings is 1. The maximum absolute atomic E-state index is 15.5. The number of aromatic amines is 1. The predicted octanol–water partition coefficient (Wildman–Crippen LogP) is 4.61. The lowest BCUT2D eigenvalue weighted by Gasteiger charge is -2.25. The molecule has 2 heterocycles. The SMILES string of the molecule is CC(F)(F)c1ccc(CN(c2ncnc(NCc3ccc(Cc4nnn[nH]4)cc3)c2F)C2CC2)cc1. The standard InChI is InChI=1S/C25H25F3N8/c1-25(27,28)19-8-6-18(7-9-19)14-36(20-10-11-20)24-22(26)23(30-15-31-24)29-13-17-4-2-16(3-5-17)12-21-32-34-35-33-21/h2-9,15,20H,10-14H2,1H3,(H,29,30,31)(H,32,33,34,35). The van der Waals surface area contributed by atoms with E-state index in [9.17, 15) is 8.78 Å². The van der Waals surface area contributed by atoms with Gasteiger partial charge in [-0.2, -0.15) is 4.39 Å². The highest BCUT2D eigenvalue weighted by Gasteiger charge is 2.33. The summed E-state index contributed by atoms with van der Waals surface area (Å²) in [5, 5.41) is 16.8. The molecule has 0 spiro atoms. The first-order valence-electron chi connectivity index (χ1n) is 11.7. The molecule has 0 saturated heterocycles. The smallest absolute Gasteiger partial charge is 0.270 e. The second-order valence-electron chi connectivity index (χ2n) is 9.00. The van der Waals surface area contributed by atoms with E-state index in [0.717, 1.165) is 36.5 Å². The van der Waals surface area contributed by atoms with E-state index < -0.39 is 11.7 Å². The fourth-order valence-electron chi connectivity index (χ4n) is 3.95. The number of hydrogen-bond acceptors (Lipinski definition) is 7. The Morgan fingerprint density at radius 3 is 2.33 bits per heavy atom. The van der Waals surface area contributed by atoms with Crippen LogP contribution in [0.3, 0.4) is 0 Å². The molecule has 0 radical (unpaired) electrons. The number of nitrogens with zero attached hydrogens (tertiary/aromatic N) is 6. The lowest BCUT2D eigenvalue weighted by Crippen LogP contribution is -2.27. The van der Waals surface area contributed by atoms with Crippen molar-refractivity contribution >= 4 is 11.6 Å². The second-order valence-corrected chi connectivity index (χ2v) is 9.00. The van der Waals surface area contributed by atoms with E-state index in [-0.39, 0.29) is 23.2 Å². The van der Waals surface area contributed by atoms with Gasteiger partial charge in [0.1, 0.15) is 6.33 Å². The Hall–Kier alpha value is -4.02. The van der Waals surface area contributed by atoms with Crippen LogP contribution in [0.4, 0.5) is 24.8 Å². The molecule has 1 aliphatic carbocycles. The minimum Gasteiger partial charge on any atom is -0.363 e. The summed E-state index contributed by atoms with van der Waals surface area (Å²) >= 11 is 0. The fourth-order valence-corrected chi connectivity index (χ4v) is 3.95. The first-order chi connectivity index (χ1) is 17.4. The molecule has 0 unspecified atom stereocenters. The topological polar surface area (TPSA) is 95.5 Å². The van der Waals surface area contributed by atoms with E-state index in [1.165, 1.54) is 18.5 Å². The van der Waals surface area contributed by atoms with Gasteiger partial charge in [0.15, 0.2) is 17.5 Å². The van der Waals surface area contributed by atoms with Gasteiger partial charge in [0.05, 0.1) is 0 Å². The number of rotatable bonds is 10. The highest BCUT2D eigenvalue weighted by atomic mass is 19.3. The molecule has 0 atom stereocenters. The average Bonchev–Trinajstić information content (AvgIpc) is 3.58. The first-order valence-corrected chi connectivity index (χ1v) is 11.7. The number of hydrogen-bond donors (Lipinski definition) is 2. The van der Waals surface area contributed by atoms with Crippen molar-refractivity contribution in [3.05, 3.63) is 88.8 Å². The van der Waals surface area contributed by atoms with Gasteiger partial charge in [0.25, 0.3) is 5.92 Å². The van der Waals surface area contributed by atoms with Crippen molar-refractivity contribution in [1.82, 2.24) is 30.6 Å². The molecule has 5 rings (SSSR count). The molecule has 0 bridgehead atoms. The van der Waals surface area contributed by atoms with Gasteiger partial charge >= 0.3 is 0 Å². The van der Waals surface area contributed by atoms with Gasteiger partial charge in [-0.05, 0) is 40.0 Å². The third-order valence-electron chi connectivity index (χ3n) is 6.09. The van der Waals surface area contributed by atoms with Crippen molar-refractivity contribution in [2.75, 3.05) is 10.2 Å². The molecule has 1 aliphatic rings. The Kier molecular flexibility index (Phi) is 6.53. The molecule has 4 aromatic rings. The molecular weight excluding hydrogens is 469 g/mol. The first kappa shape index (κ1) is 23.7. The highest BCUT2D eigenvalue weighted by Crippen LogP contribution is 2.35. The summed E-state index contributed by atoms with van der Waals surface area (Å²) in [5.41, 5.74) is 2.76. The summed E-state index contributed by atoms with van der Waals surface area (Å²) in [7, 11) is 0. The molecule has 0 aliphatic heterocycles. The lowest BCUT2D eigenvalue weighted by molar-refractivity contribution is 0.0174. The Morgan fingerprint density at radius 2 is 1.69 bits per heavy atom. The second kappa shape index (κ2) is 9.92. The summed E-state index contributed by atoms with van der Waals surface area (Å²) in [6, 6.07) is 14.1. The van der Waals surface area contributed by atoms with Crippen LogP contribution < -0.4 is 10.2 Å². The van der Waals surface area contributed by atoms with Crippen molar-refractivity contribution in [3.8, 4) is 0 Å². The summed E-state index contributed by atoms with van der Waals surface area (Å²) in [5.74, 6) is -2.44. The Labute approximate surface area is 206 Å². The monoisotopic (exact) mass is 494 g/mol. The normalized spacial score (nSPS) is 13.6. The van der Waals surface area contributed by atoms with Crippen LogP contribution in [0.1, 0.15) is 47.8 Å². The number of aromatic nitrogens is 6. The minimum atomic E-state index is -2.90. The molecular formula is C25H25F3N8. The van der Waals surface area contributed by atoms with Crippen LogP contribution in [0, 0.1) is 5.82 Å². The molecule has 36 heavy (non-hydrogen) atoms. The molecule has 2 N–H and O–H groups in total. The number of benzene rings is 2. The molecule has 186 valence electrons. The molecule has 2 aromatic carbocycles. The average molecular weight is 495 g/mol. The lowest BCUT2D eigenvalue weighted by atomic mass is 10.1. The van der Waals surface area contributed by atoms with Crippen molar-refractivity contribution in [3.63, 3.8) is 0 Å². The number of halogens is 3. The van der Waals surface area contributed by atoms with Crippen molar-refractivity contribution in [2.24, 2.45) is 0 Å². The quantitative estimate of drug-likeness (QED) is 0.332. The van der Waals surface area contributed by atoms with Gasteiger partial charge in [-0.25, -0.2) is 23.8 Å². The van der Waals surface area contributed by atoms with E-state index in [4.69, 9.17) is 0 Å². The Balaban J connectivity index is 1.27. The van der Waals surface area contributed by atoms with Crippen LogP contribution in [0.2, 0.25) is 0 Å². The summed E-state index contributed by atoms with van der Waals surface area (Å²) in [6.45, 7) is 1.62. The van der Waals surface area contributed by atoms with Crippen LogP contribution in [0.15, 0.2) is 54.9 Å². The van der Waals surface area contributed by atoms with Crippen molar-refractivity contribution in [2.45, 2.75) is 51.2 Å². The third kappa shape index (κ3) is 5.61. The van der Waals surface area contributed by atoms with E-state index in [0.29, 0.717) is 25.3 Å². The maximum atomic E-state index is 15.5. The van der Waals surface area contributed by atoms with Crippen LogP contribution in [-0.4, -0.2) is 36.6 Å². The Bertz CT molecular complexity index is 1280. The largest absolute Gasteiger partial charge is 0.363 e. The van der Waals surface area contributed by atoms with E-state index in [2.05, 4.69) is 35.9 Å². The van der Waals surface area contributed by atoms with Crippen molar-refractivity contribution in [1.29, 1.82) is 0 Å². The number of alkyl halides is 2. The van der Waals surface area contributed by atoms with E-state index in [1.807, 2.05) is 29.2 Å². The zero-order chi connectivity index (χ0) is 25.1. The van der Waals surface area contributed by atoms with Gasteiger partial charge in [0.2, 0.25) is 5.82 Å². The molecule has 1 saturated carbocycles. The third-order valence-corrected chi connectivity index (χ3v) is 6.09. The van der Waals surface area contributed by atoms with Gasteiger partial charge in [-0.15, -0.1) is 5.10 Å². The Morgan fingerprint density at radius 1 is 1.00 bits per heavy atom. The van der Waals surface area contributed by atoms with Gasteiger partial charge in [-0.1, -0.05) is 48.5 Å².